The van der Waals surface area contributed by atoms with Gasteiger partial charge in [0.2, 0.25) is 5.91 Å². The molecule has 1 amide bonds. The summed E-state index contributed by atoms with van der Waals surface area (Å²) in [7, 11) is 0. The largest absolute Gasteiger partial charge is 0.338 e. The Morgan fingerprint density at radius 1 is 1.15 bits per heavy atom. The second kappa shape index (κ2) is 6.37. The first kappa shape index (κ1) is 13.6. The highest BCUT2D eigenvalue weighted by molar-refractivity contribution is 5.77. The highest BCUT2D eigenvalue weighted by atomic mass is 16.2. The molecule has 3 rings (SSSR count). The summed E-state index contributed by atoms with van der Waals surface area (Å²) in [5, 5.41) is 7.89. The topological polar surface area (TPSA) is 51.0 Å². The van der Waals surface area contributed by atoms with Gasteiger partial charge < -0.3 is 4.90 Å². The van der Waals surface area contributed by atoms with Crippen LogP contribution in [0.15, 0.2) is 12.4 Å². The van der Waals surface area contributed by atoms with Crippen molar-refractivity contribution in [3.63, 3.8) is 0 Å². The molecule has 2 heterocycles. The Morgan fingerprint density at radius 3 is 2.70 bits per heavy atom. The van der Waals surface area contributed by atoms with Gasteiger partial charge in [0, 0.05) is 19.2 Å². The van der Waals surface area contributed by atoms with E-state index >= 15 is 0 Å². The van der Waals surface area contributed by atoms with Crippen molar-refractivity contribution in [3.05, 3.63) is 12.4 Å². The molecular weight excluding hydrogens is 252 g/mol. The maximum Gasteiger partial charge on any atom is 0.223 e. The number of rotatable bonds is 4. The van der Waals surface area contributed by atoms with Gasteiger partial charge in [-0.2, -0.15) is 0 Å². The summed E-state index contributed by atoms with van der Waals surface area (Å²) in [6.07, 6.45) is 12.9. The number of aromatic nitrogens is 3. The molecule has 1 atom stereocenters. The molecule has 1 aliphatic heterocycles. The highest BCUT2D eigenvalue weighted by Crippen LogP contribution is 2.29. The first-order chi connectivity index (χ1) is 9.83. The zero-order valence-corrected chi connectivity index (χ0v) is 12.1. The van der Waals surface area contributed by atoms with Crippen molar-refractivity contribution in [1.29, 1.82) is 0 Å². The van der Waals surface area contributed by atoms with Crippen molar-refractivity contribution in [2.45, 2.75) is 64.0 Å². The van der Waals surface area contributed by atoms with E-state index in [1.54, 1.807) is 6.20 Å². The summed E-state index contributed by atoms with van der Waals surface area (Å²) in [4.78, 5) is 14.7. The molecule has 1 aliphatic carbocycles. The van der Waals surface area contributed by atoms with Crippen molar-refractivity contribution in [2.75, 3.05) is 6.54 Å². The predicted molar refractivity (Wildman–Crippen MR) is 75.9 cm³/mol. The quantitative estimate of drug-likeness (QED) is 0.847. The van der Waals surface area contributed by atoms with Crippen LogP contribution in [0.3, 0.4) is 0 Å². The lowest BCUT2D eigenvalue weighted by molar-refractivity contribution is -0.136. The fourth-order valence-electron chi connectivity index (χ4n) is 3.64. The molecule has 1 saturated heterocycles. The van der Waals surface area contributed by atoms with Crippen LogP contribution in [0.25, 0.3) is 0 Å². The first-order valence-corrected chi connectivity index (χ1v) is 7.96. The van der Waals surface area contributed by atoms with Gasteiger partial charge in [0.25, 0.3) is 0 Å². The second-order valence-corrected chi connectivity index (χ2v) is 6.22. The molecule has 1 aromatic rings. The van der Waals surface area contributed by atoms with E-state index in [2.05, 4.69) is 15.2 Å². The molecule has 5 nitrogen and oxygen atoms in total. The Balaban J connectivity index is 1.60. The summed E-state index contributed by atoms with van der Waals surface area (Å²) < 4.78 is 1.85. The van der Waals surface area contributed by atoms with Crippen molar-refractivity contribution >= 4 is 5.91 Å². The maximum absolute atomic E-state index is 12.6. The Bertz CT molecular complexity index is 425. The standard InChI is InChI=1S/C15H24N4O/c20-15(11-13-5-1-2-6-13)19-9-4-3-7-14(19)12-18-10-8-16-17-18/h8,10,13-14H,1-7,9,11-12H2/t14-/m1/s1. The molecule has 1 aromatic heterocycles. The Morgan fingerprint density at radius 2 is 1.95 bits per heavy atom. The SMILES string of the molecule is O=C(CC1CCCC1)N1CCCC[C@@H]1Cn1ccnn1. The van der Waals surface area contributed by atoms with Gasteiger partial charge in [-0.15, -0.1) is 5.10 Å². The molecule has 5 heteroatoms. The Labute approximate surface area is 120 Å². The molecule has 0 spiro atoms. The Kier molecular flexibility index (Phi) is 4.33. The van der Waals surface area contributed by atoms with E-state index in [-0.39, 0.29) is 0 Å². The minimum absolute atomic E-state index is 0.305. The van der Waals surface area contributed by atoms with Crippen molar-refractivity contribution < 1.29 is 4.79 Å². The third-order valence-corrected chi connectivity index (χ3v) is 4.76. The lowest BCUT2D eigenvalue weighted by atomic mass is 9.98. The summed E-state index contributed by atoms with van der Waals surface area (Å²) in [6, 6.07) is 0.305. The van der Waals surface area contributed by atoms with Crippen LogP contribution >= 0.6 is 0 Å². The number of likely N-dealkylation sites (tertiary alicyclic amines) is 1. The average molecular weight is 276 g/mol. The molecule has 20 heavy (non-hydrogen) atoms. The number of amides is 1. The normalized spacial score (nSPS) is 24.2. The molecule has 0 radical (unpaired) electrons. The molecule has 0 N–H and O–H groups in total. The summed E-state index contributed by atoms with van der Waals surface area (Å²) in [5.74, 6) is 0.998. The van der Waals surface area contributed by atoms with E-state index in [9.17, 15) is 4.79 Å². The van der Waals surface area contributed by atoms with E-state index in [0.29, 0.717) is 17.9 Å². The molecule has 2 aliphatic rings. The molecule has 0 aromatic carbocycles. The summed E-state index contributed by atoms with van der Waals surface area (Å²) in [6.45, 7) is 1.71. The number of hydrogen-bond acceptors (Lipinski definition) is 3. The van der Waals surface area contributed by atoms with Crippen molar-refractivity contribution in [1.82, 2.24) is 19.9 Å². The van der Waals surface area contributed by atoms with E-state index in [1.807, 2.05) is 10.9 Å². The number of carbonyl (C=O) groups excluding carboxylic acids is 1. The Hall–Kier alpha value is -1.39. The van der Waals surface area contributed by atoms with Crippen LogP contribution < -0.4 is 0 Å². The smallest absolute Gasteiger partial charge is 0.223 e. The van der Waals surface area contributed by atoms with Gasteiger partial charge in [0.15, 0.2) is 0 Å². The van der Waals surface area contributed by atoms with Gasteiger partial charge in [0.1, 0.15) is 0 Å². The van der Waals surface area contributed by atoms with Crippen LogP contribution in [0.4, 0.5) is 0 Å². The molecule has 1 saturated carbocycles. The highest BCUT2D eigenvalue weighted by Gasteiger charge is 2.29. The van der Waals surface area contributed by atoms with E-state index in [4.69, 9.17) is 0 Å². The van der Waals surface area contributed by atoms with E-state index in [0.717, 1.165) is 32.4 Å². The second-order valence-electron chi connectivity index (χ2n) is 6.22. The van der Waals surface area contributed by atoms with Crippen molar-refractivity contribution in [3.8, 4) is 0 Å². The molecule has 0 unspecified atom stereocenters. The monoisotopic (exact) mass is 276 g/mol. The maximum atomic E-state index is 12.6. The van der Waals surface area contributed by atoms with Gasteiger partial charge >= 0.3 is 0 Å². The lowest BCUT2D eigenvalue weighted by Gasteiger charge is -2.36. The fraction of sp³-hybridized carbons (Fsp3) is 0.800. The number of piperidine rings is 1. The van der Waals surface area contributed by atoms with Crippen LogP contribution in [-0.2, 0) is 11.3 Å². The minimum Gasteiger partial charge on any atom is -0.338 e. The fourth-order valence-corrected chi connectivity index (χ4v) is 3.64. The zero-order chi connectivity index (χ0) is 13.8. The van der Waals surface area contributed by atoms with Gasteiger partial charge in [-0.25, -0.2) is 0 Å². The van der Waals surface area contributed by atoms with Crippen LogP contribution in [0, 0.1) is 5.92 Å². The zero-order valence-electron chi connectivity index (χ0n) is 12.1. The summed E-state index contributed by atoms with van der Waals surface area (Å²) >= 11 is 0. The molecular formula is C15H24N4O. The van der Waals surface area contributed by atoms with E-state index in [1.165, 1.54) is 32.1 Å². The molecule has 110 valence electrons. The third kappa shape index (κ3) is 3.19. The minimum atomic E-state index is 0.305. The lowest BCUT2D eigenvalue weighted by Crippen LogP contribution is -2.46. The van der Waals surface area contributed by atoms with Crippen molar-refractivity contribution in [2.24, 2.45) is 5.92 Å². The van der Waals surface area contributed by atoms with Crippen LogP contribution in [-0.4, -0.2) is 38.4 Å². The van der Waals surface area contributed by atoms with Gasteiger partial charge in [-0.05, 0) is 38.0 Å². The number of hydrogen-bond donors (Lipinski definition) is 0. The van der Waals surface area contributed by atoms with Crippen LogP contribution in [0.1, 0.15) is 51.4 Å². The number of carbonyl (C=O) groups is 1. The first-order valence-electron chi connectivity index (χ1n) is 7.96. The van der Waals surface area contributed by atoms with Gasteiger partial charge in [-0.1, -0.05) is 18.1 Å². The van der Waals surface area contributed by atoms with Gasteiger partial charge in [-0.3, -0.25) is 9.48 Å². The third-order valence-electron chi connectivity index (χ3n) is 4.76. The van der Waals surface area contributed by atoms with Crippen LogP contribution in [0.2, 0.25) is 0 Å². The molecule has 0 bridgehead atoms. The van der Waals surface area contributed by atoms with Gasteiger partial charge in [0.05, 0.1) is 18.8 Å². The van der Waals surface area contributed by atoms with Crippen LogP contribution in [0.5, 0.6) is 0 Å². The molecule has 2 fully saturated rings. The predicted octanol–water partition coefficient (Wildman–Crippen LogP) is 2.24. The number of nitrogens with zero attached hydrogens (tertiary/aromatic N) is 4. The van der Waals surface area contributed by atoms with E-state index < -0.39 is 0 Å². The summed E-state index contributed by atoms with van der Waals surface area (Å²) in [5.41, 5.74) is 0. The average Bonchev–Trinajstić information content (AvgIpc) is 3.13.